The Morgan fingerprint density at radius 3 is 2.19 bits per heavy atom. The van der Waals surface area contributed by atoms with Crippen LogP contribution in [-0.2, 0) is 10.0 Å². The second-order valence-electron chi connectivity index (χ2n) is 5.63. The third-order valence-corrected chi connectivity index (χ3v) is 5.83. The molecule has 0 aromatic heterocycles. The van der Waals surface area contributed by atoms with Crippen molar-refractivity contribution in [1.82, 2.24) is 4.72 Å². The first-order chi connectivity index (χ1) is 9.58. The van der Waals surface area contributed by atoms with Gasteiger partial charge in [0, 0.05) is 12.2 Å². The first kappa shape index (κ1) is 17.9. The highest BCUT2D eigenvalue weighted by Crippen LogP contribution is 2.28. The number of rotatable bonds is 6. The highest BCUT2D eigenvalue weighted by Gasteiger charge is 2.27. The number of hydrogen-bond acceptors (Lipinski definition) is 4. The van der Waals surface area contributed by atoms with Crippen molar-refractivity contribution >= 4 is 15.7 Å². The van der Waals surface area contributed by atoms with E-state index in [9.17, 15) is 13.5 Å². The third kappa shape index (κ3) is 3.75. The molecule has 0 fully saturated rings. The minimum absolute atomic E-state index is 0.00497. The third-order valence-electron chi connectivity index (χ3n) is 4.14. The Morgan fingerprint density at radius 2 is 1.71 bits per heavy atom. The molecule has 0 aliphatic carbocycles. The maximum Gasteiger partial charge on any atom is 0.241 e. The number of aryl methyl sites for hydroxylation is 2. The molecule has 0 aliphatic heterocycles. The lowest BCUT2D eigenvalue weighted by atomic mass is 9.98. The Morgan fingerprint density at radius 1 is 1.19 bits per heavy atom. The standard InChI is InChI=1S/C15H26N2O3S/c1-6-15(18,7-2)9-17-21(19,20)14-11(4)8-10(3)13(16)12(14)5/h8,17-18H,6-7,9,16H2,1-5H3. The summed E-state index contributed by atoms with van der Waals surface area (Å²) in [5, 5.41) is 10.2. The van der Waals surface area contributed by atoms with E-state index in [1.54, 1.807) is 19.9 Å². The van der Waals surface area contributed by atoms with Crippen LogP contribution in [0.3, 0.4) is 0 Å². The lowest BCUT2D eigenvalue weighted by Crippen LogP contribution is -2.42. The van der Waals surface area contributed by atoms with Crippen molar-refractivity contribution in [2.24, 2.45) is 0 Å². The van der Waals surface area contributed by atoms with Gasteiger partial charge in [-0.1, -0.05) is 19.9 Å². The van der Waals surface area contributed by atoms with Crippen LogP contribution in [0.2, 0.25) is 0 Å². The Labute approximate surface area is 127 Å². The molecule has 1 aromatic rings. The Balaban J connectivity index is 3.19. The molecule has 0 atom stereocenters. The average Bonchev–Trinajstić information content (AvgIpc) is 2.42. The van der Waals surface area contributed by atoms with Gasteiger partial charge in [0.1, 0.15) is 0 Å². The van der Waals surface area contributed by atoms with Gasteiger partial charge in [0.25, 0.3) is 0 Å². The van der Waals surface area contributed by atoms with Gasteiger partial charge >= 0.3 is 0 Å². The Bertz CT molecular complexity index is 620. The van der Waals surface area contributed by atoms with Gasteiger partial charge in [-0.3, -0.25) is 0 Å². The first-order valence-corrected chi connectivity index (χ1v) is 8.64. The van der Waals surface area contributed by atoms with Crippen molar-refractivity contribution in [1.29, 1.82) is 0 Å². The molecule has 5 nitrogen and oxygen atoms in total. The van der Waals surface area contributed by atoms with Gasteiger partial charge in [-0.05, 0) is 50.3 Å². The van der Waals surface area contributed by atoms with Gasteiger partial charge in [-0.25, -0.2) is 13.1 Å². The van der Waals surface area contributed by atoms with Gasteiger partial charge in [-0.15, -0.1) is 0 Å². The van der Waals surface area contributed by atoms with E-state index in [-0.39, 0.29) is 11.4 Å². The summed E-state index contributed by atoms with van der Waals surface area (Å²) in [6.07, 6.45) is 0.972. The number of nitrogens with one attached hydrogen (secondary N) is 1. The van der Waals surface area contributed by atoms with Crippen molar-refractivity contribution in [2.45, 2.75) is 58.0 Å². The number of nitrogens with two attached hydrogens (primary N) is 1. The lowest BCUT2D eigenvalue weighted by Gasteiger charge is -2.26. The molecule has 0 amide bonds. The smallest absolute Gasteiger partial charge is 0.241 e. The summed E-state index contributed by atoms with van der Waals surface area (Å²) in [6, 6.07) is 1.77. The lowest BCUT2D eigenvalue weighted by molar-refractivity contribution is 0.0377. The molecule has 0 saturated carbocycles. The molecular formula is C15H26N2O3S. The largest absolute Gasteiger partial charge is 0.398 e. The molecule has 0 spiro atoms. The molecule has 0 unspecified atom stereocenters. The number of nitrogen functional groups attached to an aromatic ring is 1. The van der Waals surface area contributed by atoms with Crippen LogP contribution in [0.4, 0.5) is 5.69 Å². The van der Waals surface area contributed by atoms with Crippen molar-refractivity contribution in [2.75, 3.05) is 12.3 Å². The second kappa shape index (κ2) is 6.34. The molecule has 0 heterocycles. The van der Waals surface area contributed by atoms with E-state index < -0.39 is 15.6 Å². The summed E-state index contributed by atoms with van der Waals surface area (Å²) in [6.45, 7) is 8.97. The van der Waals surface area contributed by atoms with Gasteiger partial charge < -0.3 is 10.8 Å². The minimum atomic E-state index is -3.70. The van der Waals surface area contributed by atoms with Crippen molar-refractivity contribution in [3.8, 4) is 0 Å². The number of sulfonamides is 1. The number of anilines is 1. The molecule has 0 bridgehead atoms. The monoisotopic (exact) mass is 314 g/mol. The molecule has 21 heavy (non-hydrogen) atoms. The second-order valence-corrected chi connectivity index (χ2v) is 7.34. The summed E-state index contributed by atoms with van der Waals surface area (Å²) in [5.74, 6) is 0. The summed E-state index contributed by atoms with van der Waals surface area (Å²) in [7, 11) is -3.70. The molecule has 6 heteroatoms. The molecule has 120 valence electrons. The minimum Gasteiger partial charge on any atom is -0.398 e. The molecule has 0 saturated heterocycles. The topological polar surface area (TPSA) is 92.4 Å². The van der Waals surface area contributed by atoms with Crippen molar-refractivity contribution in [3.63, 3.8) is 0 Å². The van der Waals surface area contributed by atoms with Crippen LogP contribution in [0.25, 0.3) is 0 Å². The number of aliphatic hydroxyl groups is 1. The highest BCUT2D eigenvalue weighted by atomic mass is 32.2. The van der Waals surface area contributed by atoms with Crippen LogP contribution in [0.5, 0.6) is 0 Å². The van der Waals surface area contributed by atoms with E-state index in [2.05, 4.69) is 4.72 Å². The Hall–Kier alpha value is -1.11. The van der Waals surface area contributed by atoms with E-state index in [1.807, 2.05) is 20.8 Å². The first-order valence-electron chi connectivity index (χ1n) is 7.16. The number of benzene rings is 1. The zero-order valence-electron chi connectivity index (χ0n) is 13.4. The van der Waals surface area contributed by atoms with Crippen LogP contribution < -0.4 is 10.5 Å². The average molecular weight is 314 g/mol. The number of hydrogen-bond donors (Lipinski definition) is 3. The summed E-state index contributed by atoms with van der Waals surface area (Å²) in [4.78, 5) is 0.208. The van der Waals surface area contributed by atoms with Crippen LogP contribution in [0.1, 0.15) is 43.4 Å². The van der Waals surface area contributed by atoms with E-state index in [0.29, 0.717) is 29.7 Å². The van der Waals surface area contributed by atoms with Gasteiger partial charge in [0.15, 0.2) is 0 Å². The van der Waals surface area contributed by atoms with Gasteiger partial charge in [-0.2, -0.15) is 0 Å². The van der Waals surface area contributed by atoms with E-state index in [1.165, 1.54) is 0 Å². The molecule has 1 rings (SSSR count). The van der Waals surface area contributed by atoms with Crippen LogP contribution >= 0.6 is 0 Å². The van der Waals surface area contributed by atoms with Crippen LogP contribution in [-0.4, -0.2) is 25.7 Å². The fourth-order valence-electron chi connectivity index (χ4n) is 2.40. The van der Waals surface area contributed by atoms with Crippen molar-refractivity contribution < 1.29 is 13.5 Å². The zero-order valence-corrected chi connectivity index (χ0v) is 14.3. The van der Waals surface area contributed by atoms with Crippen LogP contribution in [0.15, 0.2) is 11.0 Å². The zero-order chi connectivity index (χ0) is 16.4. The summed E-state index contributed by atoms with van der Waals surface area (Å²) >= 11 is 0. The molecule has 0 aliphatic rings. The molecule has 1 aromatic carbocycles. The molecular weight excluding hydrogens is 288 g/mol. The summed E-state index contributed by atoms with van der Waals surface area (Å²) < 4.78 is 27.6. The normalized spacial score (nSPS) is 12.7. The SMILES string of the molecule is CCC(O)(CC)CNS(=O)(=O)c1c(C)cc(C)c(N)c1C. The van der Waals surface area contributed by atoms with Gasteiger partial charge in [0.05, 0.1) is 10.5 Å². The maximum atomic E-state index is 12.5. The predicted octanol–water partition coefficient (Wildman–Crippen LogP) is 2.02. The van der Waals surface area contributed by atoms with E-state index in [4.69, 9.17) is 5.73 Å². The fourth-order valence-corrected chi connectivity index (χ4v) is 4.00. The van der Waals surface area contributed by atoms with E-state index in [0.717, 1.165) is 5.56 Å². The molecule has 4 N–H and O–H groups in total. The van der Waals surface area contributed by atoms with E-state index >= 15 is 0 Å². The highest BCUT2D eigenvalue weighted by molar-refractivity contribution is 7.89. The van der Waals surface area contributed by atoms with Crippen molar-refractivity contribution in [3.05, 3.63) is 22.8 Å². The molecule has 0 radical (unpaired) electrons. The summed E-state index contributed by atoms with van der Waals surface area (Å²) in [5.41, 5.74) is 7.48. The van der Waals surface area contributed by atoms with Crippen LogP contribution in [0, 0.1) is 20.8 Å². The maximum absolute atomic E-state index is 12.5. The van der Waals surface area contributed by atoms with Gasteiger partial charge in [0.2, 0.25) is 10.0 Å². The quantitative estimate of drug-likeness (QED) is 0.700. The fraction of sp³-hybridized carbons (Fsp3) is 0.600. The predicted molar refractivity (Wildman–Crippen MR) is 85.8 cm³/mol. The Kier molecular flexibility index (Phi) is 5.41.